The molecule has 112 valence electrons. The van der Waals surface area contributed by atoms with Crippen LogP contribution in [0, 0.1) is 5.92 Å². The Morgan fingerprint density at radius 2 is 1.95 bits per heavy atom. The number of rotatable bonds is 5. The van der Waals surface area contributed by atoms with E-state index in [1.165, 1.54) is 37.0 Å². The zero-order chi connectivity index (χ0) is 14.5. The van der Waals surface area contributed by atoms with Gasteiger partial charge in [0.1, 0.15) is 9.88 Å². The van der Waals surface area contributed by atoms with E-state index in [0.29, 0.717) is 10.8 Å². The summed E-state index contributed by atoms with van der Waals surface area (Å²) < 4.78 is 0. The number of aromatic carboxylic acids is 1. The molecular formula is C15H24N2O2S. The SMILES string of the molecule is CC(C)Cc1nc(CN2CCCCCC2)sc1C(=O)O. The standard InChI is InChI=1S/C15H24N2O2S/c1-11(2)9-12-14(15(18)19)20-13(16-12)10-17-7-5-3-4-6-8-17/h11H,3-10H2,1-2H3,(H,18,19). The summed E-state index contributed by atoms with van der Waals surface area (Å²) in [5.41, 5.74) is 0.766. The molecule has 0 aromatic carbocycles. The minimum atomic E-state index is -0.833. The lowest BCUT2D eigenvalue weighted by atomic mass is 10.1. The number of carbonyl (C=O) groups is 1. The number of thiazole rings is 1. The highest BCUT2D eigenvalue weighted by Crippen LogP contribution is 2.23. The average Bonchev–Trinajstić information content (AvgIpc) is 2.58. The molecule has 4 nitrogen and oxygen atoms in total. The van der Waals surface area contributed by atoms with Crippen LogP contribution in [0.15, 0.2) is 0 Å². The Morgan fingerprint density at radius 1 is 1.30 bits per heavy atom. The topological polar surface area (TPSA) is 53.4 Å². The Labute approximate surface area is 124 Å². The average molecular weight is 296 g/mol. The maximum absolute atomic E-state index is 11.3. The predicted octanol–water partition coefficient (Wildman–Crippen LogP) is 3.42. The molecule has 1 fully saturated rings. The summed E-state index contributed by atoms with van der Waals surface area (Å²) in [6.07, 6.45) is 5.87. The van der Waals surface area contributed by atoms with E-state index in [4.69, 9.17) is 0 Å². The number of hydrogen-bond acceptors (Lipinski definition) is 4. The van der Waals surface area contributed by atoms with Crippen molar-refractivity contribution in [1.82, 2.24) is 9.88 Å². The van der Waals surface area contributed by atoms with Gasteiger partial charge in [0.25, 0.3) is 0 Å². The molecule has 1 aromatic rings. The first-order valence-electron chi connectivity index (χ1n) is 7.50. The zero-order valence-electron chi connectivity index (χ0n) is 12.4. The lowest BCUT2D eigenvalue weighted by molar-refractivity contribution is 0.0700. The molecule has 0 bridgehead atoms. The molecule has 0 atom stereocenters. The van der Waals surface area contributed by atoms with Crippen LogP contribution in [0.25, 0.3) is 0 Å². The fourth-order valence-corrected chi connectivity index (χ4v) is 3.62. The molecule has 0 amide bonds. The van der Waals surface area contributed by atoms with E-state index >= 15 is 0 Å². The van der Waals surface area contributed by atoms with Gasteiger partial charge in [0.05, 0.1) is 12.2 Å². The van der Waals surface area contributed by atoms with E-state index in [-0.39, 0.29) is 0 Å². The van der Waals surface area contributed by atoms with E-state index in [1.54, 1.807) is 0 Å². The van der Waals surface area contributed by atoms with Crippen molar-refractivity contribution in [1.29, 1.82) is 0 Å². The first-order valence-corrected chi connectivity index (χ1v) is 8.32. The van der Waals surface area contributed by atoms with Crippen molar-refractivity contribution in [2.45, 2.75) is 52.5 Å². The number of likely N-dealkylation sites (tertiary alicyclic amines) is 1. The number of carboxylic acid groups (broad SMARTS) is 1. The molecule has 0 unspecified atom stereocenters. The van der Waals surface area contributed by atoms with E-state index in [2.05, 4.69) is 23.7 Å². The zero-order valence-corrected chi connectivity index (χ0v) is 13.2. The van der Waals surface area contributed by atoms with Gasteiger partial charge in [-0.1, -0.05) is 26.7 Å². The first-order chi connectivity index (χ1) is 9.56. The Hall–Kier alpha value is -0.940. The summed E-state index contributed by atoms with van der Waals surface area (Å²) in [7, 11) is 0. The van der Waals surface area contributed by atoms with Crippen LogP contribution in [0.4, 0.5) is 0 Å². The van der Waals surface area contributed by atoms with Crippen molar-refractivity contribution in [2.24, 2.45) is 5.92 Å². The van der Waals surface area contributed by atoms with Gasteiger partial charge in [-0.2, -0.15) is 0 Å². The molecule has 1 N–H and O–H groups in total. The number of carboxylic acids is 1. The van der Waals surface area contributed by atoms with Crippen LogP contribution < -0.4 is 0 Å². The molecule has 1 aliphatic heterocycles. The largest absolute Gasteiger partial charge is 0.477 e. The van der Waals surface area contributed by atoms with Crippen LogP contribution in [-0.2, 0) is 13.0 Å². The molecule has 0 aliphatic carbocycles. The molecule has 20 heavy (non-hydrogen) atoms. The third kappa shape index (κ3) is 4.28. The van der Waals surface area contributed by atoms with Crippen LogP contribution in [0.3, 0.4) is 0 Å². The monoisotopic (exact) mass is 296 g/mol. The summed E-state index contributed by atoms with van der Waals surface area (Å²) in [5, 5.41) is 10.3. The highest BCUT2D eigenvalue weighted by Gasteiger charge is 2.19. The Kier molecular flexibility index (Phi) is 5.54. The van der Waals surface area contributed by atoms with Gasteiger partial charge in [-0.05, 0) is 38.3 Å². The Morgan fingerprint density at radius 3 is 2.50 bits per heavy atom. The van der Waals surface area contributed by atoms with Crippen LogP contribution in [0.2, 0.25) is 0 Å². The highest BCUT2D eigenvalue weighted by atomic mass is 32.1. The minimum Gasteiger partial charge on any atom is -0.477 e. The molecule has 0 radical (unpaired) electrons. The maximum atomic E-state index is 11.3. The van der Waals surface area contributed by atoms with Gasteiger partial charge < -0.3 is 5.11 Å². The normalized spacial score (nSPS) is 17.4. The summed E-state index contributed by atoms with van der Waals surface area (Å²) in [4.78, 5) is 18.8. The van der Waals surface area contributed by atoms with Crippen molar-refractivity contribution in [2.75, 3.05) is 13.1 Å². The van der Waals surface area contributed by atoms with Crippen molar-refractivity contribution >= 4 is 17.3 Å². The maximum Gasteiger partial charge on any atom is 0.347 e. The lowest BCUT2D eigenvalue weighted by Crippen LogP contribution is -2.23. The van der Waals surface area contributed by atoms with E-state index in [0.717, 1.165) is 36.8 Å². The molecule has 2 heterocycles. The van der Waals surface area contributed by atoms with Crippen molar-refractivity contribution < 1.29 is 9.90 Å². The van der Waals surface area contributed by atoms with Crippen LogP contribution in [0.5, 0.6) is 0 Å². The van der Waals surface area contributed by atoms with Gasteiger partial charge in [0, 0.05) is 0 Å². The minimum absolute atomic E-state index is 0.432. The van der Waals surface area contributed by atoms with Crippen molar-refractivity contribution in [3.8, 4) is 0 Å². The molecule has 5 heteroatoms. The molecule has 0 saturated carbocycles. The summed E-state index contributed by atoms with van der Waals surface area (Å²) in [5.74, 6) is -0.401. The second kappa shape index (κ2) is 7.18. The van der Waals surface area contributed by atoms with Crippen molar-refractivity contribution in [3.05, 3.63) is 15.6 Å². The van der Waals surface area contributed by atoms with Gasteiger partial charge in [-0.25, -0.2) is 9.78 Å². The van der Waals surface area contributed by atoms with Gasteiger partial charge in [0.15, 0.2) is 0 Å². The highest BCUT2D eigenvalue weighted by molar-refractivity contribution is 7.13. The Bertz CT molecular complexity index is 449. The predicted molar refractivity (Wildman–Crippen MR) is 81.4 cm³/mol. The Balaban J connectivity index is 2.09. The fourth-order valence-electron chi connectivity index (χ4n) is 2.65. The smallest absolute Gasteiger partial charge is 0.347 e. The number of aromatic nitrogens is 1. The molecule has 0 spiro atoms. The molecular weight excluding hydrogens is 272 g/mol. The lowest BCUT2D eigenvalue weighted by Gasteiger charge is -2.17. The van der Waals surface area contributed by atoms with E-state index in [1.807, 2.05) is 0 Å². The third-order valence-electron chi connectivity index (χ3n) is 3.60. The molecule has 1 aliphatic rings. The summed E-state index contributed by atoms with van der Waals surface area (Å²) >= 11 is 1.36. The summed E-state index contributed by atoms with van der Waals surface area (Å²) in [6, 6.07) is 0. The van der Waals surface area contributed by atoms with Gasteiger partial charge in [0.2, 0.25) is 0 Å². The second-order valence-electron chi connectivity index (χ2n) is 5.98. The third-order valence-corrected chi connectivity index (χ3v) is 4.67. The van der Waals surface area contributed by atoms with Gasteiger partial charge >= 0.3 is 5.97 Å². The molecule has 2 rings (SSSR count). The molecule has 1 saturated heterocycles. The molecule has 1 aromatic heterocycles. The van der Waals surface area contributed by atoms with Crippen LogP contribution >= 0.6 is 11.3 Å². The van der Waals surface area contributed by atoms with Crippen LogP contribution in [-0.4, -0.2) is 34.0 Å². The van der Waals surface area contributed by atoms with Gasteiger partial charge in [-0.15, -0.1) is 11.3 Å². The second-order valence-corrected chi connectivity index (χ2v) is 7.06. The summed E-state index contributed by atoms with van der Waals surface area (Å²) in [6.45, 7) is 7.23. The van der Waals surface area contributed by atoms with Gasteiger partial charge in [-0.3, -0.25) is 4.90 Å². The first kappa shape index (κ1) is 15.4. The van der Waals surface area contributed by atoms with Crippen molar-refractivity contribution in [3.63, 3.8) is 0 Å². The van der Waals surface area contributed by atoms with E-state index in [9.17, 15) is 9.90 Å². The fraction of sp³-hybridized carbons (Fsp3) is 0.733. The van der Waals surface area contributed by atoms with E-state index < -0.39 is 5.97 Å². The number of hydrogen-bond donors (Lipinski definition) is 1. The van der Waals surface area contributed by atoms with Crippen LogP contribution in [0.1, 0.15) is 59.9 Å². The number of nitrogens with zero attached hydrogens (tertiary/aromatic N) is 2. The quantitative estimate of drug-likeness (QED) is 0.904.